The minimum absolute atomic E-state index is 0.0178. The van der Waals surface area contributed by atoms with Gasteiger partial charge in [-0.1, -0.05) is 0 Å². The Morgan fingerprint density at radius 3 is 2.68 bits per heavy atom. The van der Waals surface area contributed by atoms with Gasteiger partial charge in [0.1, 0.15) is 5.76 Å². The molecule has 0 bridgehead atoms. The van der Waals surface area contributed by atoms with Crippen LogP contribution in [0.1, 0.15) is 32.4 Å². The largest absolute Gasteiger partial charge is 0.467 e. The zero-order valence-electron chi connectivity index (χ0n) is 15.1. The molecule has 1 aromatic heterocycles. The van der Waals surface area contributed by atoms with Crippen LogP contribution >= 0.6 is 0 Å². The van der Waals surface area contributed by atoms with E-state index in [9.17, 15) is 9.59 Å². The zero-order chi connectivity index (χ0) is 17.8. The molecule has 7 heteroatoms. The van der Waals surface area contributed by atoms with Crippen LogP contribution in [0.2, 0.25) is 0 Å². The maximum atomic E-state index is 12.3. The lowest BCUT2D eigenvalue weighted by Gasteiger charge is -2.38. The molecule has 1 atom stereocenters. The summed E-state index contributed by atoms with van der Waals surface area (Å²) < 4.78 is 5.24. The molecule has 25 heavy (non-hydrogen) atoms. The van der Waals surface area contributed by atoms with Gasteiger partial charge in [-0.2, -0.15) is 0 Å². The standard InChI is InChI=1S/C18H28N4O3/c1-3-20-10-11-22(18(20)24)15-6-8-21(9-7-15)14(2)17(23)19-13-16-5-4-12-25-16/h4-5,12,14-15H,3,6-11,13H2,1-2H3,(H,19,23). The first kappa shape index (κ1) is 17.8. The third-order valence-corrected chi connectivity index (χ3v) is 5.39. The molecule has 0 saturated carbocycles. The van der Waals surface area contributed by atoms with Crippen LogP contribution in [-0.4, -0.2) is 71.4 Å². The Morgan fingerprint density at radius 1 is 1.32 bits per heavy atom. The normalized spacial score (nSPS) is 21.0. The molecular weight excluding hydrogens is 320 g/mol. The Hall–Kier alpha value is -2.02. The minimum atomic E-state index is -0.169. The van der Waals surface area contributed by atoms with Gasteiger partial charge in [0.2, 0.25) is 5.91 Å². The Morgan fingerprint density at radius 2 is 2.08 bits per heavy atom. The predicted octanol–water partition coefficient (Wildman–Crippen LogP) is 1.51. The second kappa shape index (κ2) is 7.91. The molecule has 1 aromatic rings. The molecule has 0 aliphatic carbocycles. The van der Waals surface area contributed by atoms with Crippen LogP contribution in [0, 0.1) is 0 Å². The number of carbonyl (C=O) groups excluding carboxylic acids is 2. The van der Waals surface area contributed by atoms with Crippen molar-refractivity contribution in [3.8, 4) is 0 Å². The van der Waals surface area contributed by atoms with Crippen molar-refractivity contribution in [1.29, 1.82) is 0 Å². The van der Waals surface area contributed by atoms with Crippen LogP contribution in [0.15, 0.2) is 22.8 Å². The Balaban J connectivity index is 1.45. The molecule has 3 heterocycles. The molecular formula is C18H28N4O3. The van der Waals surface area contributed by atoms with E-state index in [1.807, 2.05) is 35.8 Å². The first-order chi connectivity index (χ1) is 12.1. The predicted molar refractivity (Wildman–Crippen MR) is 94.0 cm³/mol. The second-order valence-electron chi connectivity index (χ2n) is 6.80. The summed E-state index contributed by atoms with van der Waals surface area (Å²) in [6.45, 7) is 8.51. The van der Waals surface area contributed by atoms with Crippen LogP contribution in [-0.2, 0) is 11.3 Å². The maximum Gasteiger partial charge on any atom is 0.320 e. The molecule has 2 aliphatic heterocycles. The van der Waals surface area contributed by atoms with Crippen LogP contribution in [0.3, 0.4) is 0 Å². The number of likely N-dealkylation sites (N-methyl/N-ethyl adjacent to an activating group) is 1. The molecule has 1 N–H and O–H groups in total. The number of likely N-dealkylation sites (tertiary alicyclic amines) is 1. The Labute approximate surface area is 148 Å². The van der Waals surface area contributed by atoms with Gasteiger partial charge >= 0.3 is 6.03 Å². The number of carbonyl (C=O) groups is 2. The summed E-state index contributed by atoms with van der Waals surface area (Å²) in [5, 5.41) is 2.92. The lowest BCUT2D eigenvalue weighted by molar-refractivity contribution is -0.126. The molecule has 0 spiro atoms. The van der Waals surface area contributed by atoms with Crippen molar-refractivity contribution in [3.05, 3.63) is 24.2 Å². The first-order valence-corrected chi connectivity index (χ1v) is 9.19. The van der Waals surface area contributed by atoms with Gasteiger partial charge in [-0.05, 0) is 38.8 Å². The monoisotopic (exact) mass is 348 g/mol. The summed E-state index contributed by atoms with van der Waals surface area (Å²) in [6.07, 6.45) is 3.47. The molecule has 0 radical (unpaired) electrons. The van der Waals surface area contributed by atoms with Crippen molar-refractivity contribution < 1.29 is 14.0 Å². The van der Waals surface area contributed by atoms with Crippen molar-refractivity contribution in [2.45, 2.75) is 45.3 Å². The van der Waals surface area contributed by atoms with E-state index in [1.165, 1.54) is 0 Å². The van der Waals surface area contributed by atoms with Gasteiger partial charge in [0.05, 0.1) is 18.8 Å². The third-order valence-electron chi connectivity index (χ3n) is 5.39. The lowest BCUT2D eigenvalue weighted by Crippen LogP contribution is -2.52. The first-order valence-electron chi connectivity index (χ1n) is 9.19. The van der Waals surface area contributed by atoms with Gasteiger partial charge < -0.3 is 19.5 Å². The Kier molecular flexibility index (Phi) is 5.63. The van der Waals surface area contributed by atoms with Gasteiger partial charge in [-0.3, -0.25) is 9.69 Å². The zero-order valence-corrected chi connectivity index (χ0v) is 15.1. The smallest absolute Gasteiger partial charge is 0.320 e. The van der Waals surface area contributed by atoms with Crippen LogP contribution in [0.25, 0.3) is 0 Å². The van der Waals surface area contributed by atoms with E-state index < -0.39 is 0 Å². The van der Waals surface area contributed by atoms with E-state index in [0.717, 1.165) is 51.3 Å². The van der Waals surface area contributed by atoms with Gasteiger partial charge in [0, 0.05) is 38.8 Å². The third kappa shape index (κ3) is 3.98. The molecule has 2 fully saturated rings. The van der Waals surface area contributed by atoms with Crippen LogP contribution < -0.4 is 5.32 Å². The van der Waals surface area contributed by atoms with Crippen molar-refractivity contribution in [2.24, 2.45) is 0 Å². The van der Waals surface area contributed by atoms with E-state index in [4.69, 9.17) is 4.42 Å². The fourth-order valence-corrected chi connectivity index (χ4v) is 3.72. The number of hydrogen-bond donors (Lipinski definition) is 1. The number of nitrogens with one attached hydrogen (secondary N) is 1. The summed E-state index contributed by atoms with van der Waals surface area (Å²) >= 11 is 0. The average molecular weight is 348 g/mol. The number of urea groups is 1. The summed E-state index contributed by atoms with van der Waals surface area (Å²) in [7, 11) is 0. The summed E-state index contributed by atoms with van der Waals surface area (Å²) in [5.74, 6) is 0.775. The van der Waals surface area contributed by atoms with Crippen molar-refractivity contribution in [1.82, 2.24) is 20.0 Å². The number of rotatable bonds is 6. The maximum absolute atomic E-state index is 12.3. The molecule has 3 amide bonds. The van der Waals surface area contributed by atoms with E-state index in [-0.39, 0.29) is 18.0 Å². The number of nitrogens with zero attached hydrogens (tertiary/aromatic N) is 3. The van der Waals surface area contributed by atoms with E-state index in [1.54, 1.807) is 6.26 Å². The van der Waals surface area contributed by atoms with Gasteiger partial charge in [-0.15, -0.1) is 0 Å². The fourth-order valence-electron chi connectivity index (χ4n) is 3.72. The molecule has 138 valence electrons. The van der Waals surface area contributed by atoms with E-state index in [0.29, 0.717) is 12.6 Å². The topological polar surface area (TPSA) is 69.0 Å². The summed E-state index contributed by atoms with van der Waals surface area (Å²) in [5.41, 5.74) is 0. The van der Waals surface area contributed by atoms with Crippen LogP contribution in [0.5, 0.6) is 0 Å². The molecule has 0 aromatic carbocycles. The minimum Gasteiger partial charge on any atom is -0.467 e. The second-order valence-corrected chi connectivity index (χ2v) is 6.80. The number of piperidine rings is 1. The molecule has 2 aliphatic rings. The highest BCUT2D eigenvalue weighted by atomic mass is 16.3. The van der Waals surface area contributed by atoms with E-state index >= 15 is 0 Å². The highest BCUT2D eigenvalue weighted by Crippen LogP contribution is 2.22. The average Bonchev–Trinajstić information content (AvgIpc) is 3.28. The van der Waals surface area contributed by atoms with Crippen molar-refractivity contribution in [2.75, 3.05) is 32.7 Å². The molecule has 1 unspecified atom stereocenters. The molecule has 2 saturated heterocycles. The highest BCUT2D eigenvalue weighted by molar-refractivity contribution is 5.81. The quantitative estimate of drug-likeness (QED) is 0.846. The van der Waals surface area contributed by atoms with Gasteiger partial charge in [-0.25, -0.2) is 4.79 Å². The fraction of sp³-hybridized carbons (Fsp3) is 0.667. The number of hydrogen-bond acceptors (Lipinski definition) is 4. The highest BCUT2D eigenvalue weighted by Gasteiger charge is 2.35. The van der Waals surface area contributed by atoms with Crippen molar-refractivity contribution in [3.63, 3.8) is 0 Å². The molecule has 7 nitrogen and oxygen atoms in total. The van der Waals surface area contributed by atoms with Gasteiger partial charge in [0.15, 0.2) is 0 Å². The molecule has 3 rings (SSSR count). The summed E-state index contributed by atoms with van der Waals surface area (Å²) in [4.78, 5) is 30.8. The number of amides is 3. The van der Waals surface area contributed by atoms with Crippen LogP contribution in [0.4, 0.5) is 4.79 Å². The van der Waals surface area contributed by atoms with E-state index in [2.05, 4.69) is 10.2 Å². The van der Waals surface area contributed by atoms with Crippen molar-refractivity contribution >= 4 is 11.9 Å². The summed E-state index contributed by atoms with van der Waals surface area (Å²) in [6, 6.07) is 3.97. The van der Waals surface area contributed by atoms with Gasteiger partial charge in [0.25, 0.3) is 0 Å². The number of furan rings is 1. The lowest BCUT2D eigenvalue weighted by atomic mass is 10.0. The SMILES string of the molecule is CCN1CCN(C2CCN(C(C)C(=O)NCc3ccco3)CC2)C1=O. The Bertz CT molecular complexity index is 581.